The average Bonchev–Trinajstić information content (AvgIpc) is 2.60. The second-order valence-electron chi connectivity index (χ2n) is 6.07. The molecule has 156 valence electrons. The SMILES string of the molecule is CC(OC(=O)Cc1cccc(C(F)(F)F)c1)C(=O)Nc1ccc(S(N)(=O)=O)cc1. The van der Waals surface area contributed by atoms with Gasteiger partial charge in [0.2, 0.25) is 10.0 Å². The molecule has 0 aliphatic rings. The van der Waals surface area contributed by atoms with Crippen molar-refractivity contribution in [3.8, 4) is 0 Å². The van der Waals surface area contributed by atoms with Gasteiger partial charge in [-0.15, -0.1) is 0 Å². The van der Waals surface area contributed by atoms with Crippen molar-refractivity contribution in [2.45, 2.75) is 30.5 Å². The van der Waals surface area contributed by atoms with Crippen LogP contribution >= 0.6 is 0 Å². The first-order valence-corrected chi connectivity index (χ1v) is 9.70. The zero-order valence-electron chi connectivity index (χ0n) is 15.1. The van der Waals surface area contributed by atoms with Crippen LogP contribution in [0.1, 0.15) is 18.1 Å². The molecule has 2 aromatic rings. The smallest absolute Gasteiger partial charge is 0.416 e. The molecule has 0 fully saturated rings. The third kappa shape index (κ3) is 6.57. The molecule has 0 saturated carbocycles. The number of rotatable bonds is 6. The van der Waals surface area contributed by atoms with Gasteiger partial charge in [-0.25, -0.2) is 13.6 Å². The molecule has 1 unspecified atom stereocenters. The second-order valence-corrected chi connectivity index (χ2v) is 7.63. The number of amides is 1. The number of hydrogen-bond acceptors (Lipinski definition) is 5. The number of carbonyl (C=O) groups excluding carboxylic acids is 2. The van der Waals surface area contributed by atoms with Crippen molar-refractivity contribution in [3.05, 3.63) is 59.7 Å². The van der Waals surface area contributed by atoms with Gasteiger partial charge in [-0.3, -0.25) is 9.59 Å². The van der Waals surface area contributed by atoms with E-state index < -0.39 is 46.2 Å². The molecule has 1 amide bonds. The van der Waals surface area contributed by atoms with E-state index in [1.54, 1.807) is 0 Å². The van der Waals surface area contributed by atoms with E-state index in [0.717, 1.165) is 12.1 Å². The third-order valence-corrected chi connectivity index (χ3v) is 4.66. The maximum Gasteiger partial charge on any atom is 0.416 e. The highest BCUT2D eigenvalue weighted by molar-refractivity contribution is 7.89. The van der Waals surface area contributed by atoms with Crippen LogP contribution in [0.5, 0.6) is 0 Å². The summed E-state index contributed by atoms with van der Waals surface area (Å²) < 4.78 is 65.5. The summed E-state index contributed by atoms with van der Waals surface area (Å²) in [5.41, 5.74) is -0.560. The van der Waals surface area contributed by atoms with Gasteiger partial charge in [0, 0.05) is 5.69 Å². The Balaban J connectivity index is 1.94. The Labute approximate surface area is 164 Å². The summed E-state index contributed by atoms with van der Waals surface area (Å²) in [6, 6.07) is 9.21. The number of ether oxygens (including phenoxy) is 1. The Morgan fingerprint density at radius 2 is 1.76 bits per heavy atom. The number of anilines is 1. The molecule has 0 aliphatic heterocycles. The van der Waals surface area contributed by atoms with E-state index in [9.17, 15) is 31.2 Å². The molecule has 11 heteroatoms. The molecule has 0 bridgehead atoms. The number of halogens is 3. The molecule has 0 heterocycles. The predicted molar refractivity (Wildman–Crippen MR) is 97.1 cm³/mol. The minimum Gasteiger partial charge on any atom is -0.452 e. The predicted octanol–water partition coefficient (Wildman–Crippen LogP) is 2.47. The molecule has 2 aromatic carbocycles. The number of primary sulfonamides is 1. The van der Waals surface area contributed by atoms with E-state index >= 15 is 0 Å². The summed E-state index contributed by atoms with van der Waals surface area (Å²) in [6.45, 7) is 1.29. The lowest BCUT2D eigenvalue weighted by Crippen LogP contribution is -2.30. The normalized spacial score (nSPS) is 12.9. The monoisotopic (exact) mass is 430 g/mol. The number of hydrogen-bond donors (Lipinski definition) is 2. The molecule has 7 nitrogen and oxygen atoms in total. The molecule has 0 radical (unpaired) electrons. The number of sulfonamides is 1. The van der Waals surface area contributed by atoms with Gasteiger partial charge in [0.1, 0.15) is 0 Å². The van der Waals surface area contributed by atoms with E-state index in [2.05, 4.69) is 5.32 Å². The van der Waals surface area contributed by atoms with E-state index in [1.165, 1.54) is 43.3 Å². The summed E-state index contributed by atoms with van der Waals surface area (Å²) in [4.78, 5) is 23.9. The van der Waals surface area contributed by atoms with Gasteiger partial charge in [-0.1, -0.05) is 18.2 Å². The molecule has 3 N–H and O–H groups in total. The first-order valence-electron chi connectivity index (χ1n) is 8.15. The van der Waals surface area contributed by atoms with Crippen LogP contribution in [0.25, 0.3) is 0 Å². The van der Waals surface area contributed by atoms with Crippen LogP contribution in [-0.2, 0) is 36.9 Å². The Bertz CT molecular complexity index is 1000. The van der Waals surface area contributed by atoms with Gasteiger partial charge in [-0.2, -0.15) is 13.2 Å². The van der Waals surface area contributed by atoms with Gasteiger partial charge in [-0.05, 0) is 42.8 Å². The van der Waals surface area contributed by atoms with Crippen molar-refractivity contribution >= 4 is 27.6 Å². The summed E-state index contributed by atoms with van der Waals surface area (Å²) in [5, 5.41) is 7.39. The summed E-state index contributed by atoms with van der Waals surface area (Å²) >= 11 is 0. The average molecular weight is 430 g/mol. The first-order chi connectivity index (χ1) is 13.4. The van der Waals surface area contributed by atoms with Crippen molar-refractivity contribution in [1.82, 2.24) is 0 Å². The van der Waals surface area contributed by atoms with E-state index in [0.29, 0.717) is 0 Å². The zero-order valence-corrected chi connectivity index (χ0v) is 15.9. The highest BCUT2D eigenvalue weighted by Crippen LogP contribution is 2.29. The molecule has 0 spiro atoms. The number of nitrogens with two attached hydrogens (primary N) is 1. The maximum atomic E-state index is 12.7. The van der Waals surface area contributed by atoms with Gasteiger partial charge < -0.3 is 10.1 Å². The number of carbonyl (C=O) groups is 2. The number of benzene rings is 2. The molecule has 0 aromatic heterocycles. The summed E-state index contributed by atoms with van der Waals surface area (Å²) in [5.74, 6) is -1.58. The number of nitrogens with one attached hydrogen (secondary N) is 1. The van der Waals surface area contributed by atoms with Crippen molar-refractivity contribution in [1.29, 1.82) is 0 Å². The van der Waals surface area contributed by atoms with Crippen molar-refractivity contribution < 1.29 is 35.9 Å². The molecule has 2 rings (SSSR count). The Hall–Kier alpha value is -2.92. The minimum absolute atomic E-state index is 0.0935. The fourth-order valence-corrected chi connectivity index (χ4v) is 2.80. The topological polar surface area (TPSA) is 116 Å². The lowest BCUT2D eigenvalue weighted by Gasteiger charge is -2.14. The van der Waals surface area contributed by atoms with Crippen LogP contribution in [0.2, 0.25) is 0 Å². The molecular formula is C18H17F3N2O5S. The third-order valence-electron chi connectivity index (χ3n) is 3.73. The molecule has 0 aliphatic carbocycles. The van der Waals surface area contributed by atoms with Gasteiger partial charge in [0.15, 0.2) is 6.10 Å². The van der Waals surface area contributed by atoms with Crippen LogP contribution in [0.15, 0.2) is 53.4 Å². The van der Waals surface area contributed by atoms with E-state index in [-0.39, 0.29) is 16.1 Å². The van der Waals surface area contributed by atoms with Crippen LogP contribution in [0.3, 0.4) is 0 Å². The van der Waals surface area contributed by atoms with Gasteiger partial charge in [0.25, 0.3) is 5.91 Å². The molecule has 1 atom stereocenters. The van der Waals surface area contributed by atoms with Gasteiger partial charge in [0.05, 0.1) is 16.9 Å². The zero-order chi connectivity index (χ0) is 21.8. The van der Waals surface area contributed by atoms with Gasteiger partial charge >= 0.3 is 12.1 Å². The maximum absolute atomic E-state index is 12.7. The molecule has 0 saturated heterocycles. The quantitative estimate of drug-likeness (QED) is 0.683. The van der Waals surface area contributed by atoms with E-state index in [4.69, 9.17) is 9.88 Å². The van der Waals surface area contributed by atoms with Crippen LogP contribution in [0.4, 0.5) is 18.9 Å². The Morgan fingerprint density at radius 1 is 1.14 bits per heavy atom. The number of esters is 1. The van der Waals surface area contributed by atoms with Crippen LogP contribution in [0, 0.1) is 0 Å². The lowest BCUT2D eigenvalue weighted by atomic mass is 10.1. The highest BCUT2D eigenvalue weighted by atomic mass is 32.2. The molecule has 29 heavy (non-hydrogen) atoms. The molecular weight excluding hydrogens is 413 g/mol. The van der Waals surface area contributed by atoms with Crippen molar-refractivity contribution in [2.75, 3.05) is 5.32 Å². The summed E-state index contributed by atoms with van der Waals surface area (Å²) in [7, 11) is -3.87. The fourth-order valence-electron chi connectivity index (χ4n) is 2.29. The first kappa shape index (κ1) is 22.4. The summed E-state index contributed by atoms with van der Waals surface area (Å²) in [6.07, 6.45) is -6.21. The Morgan fingerprint density at radius 3 is 2.31 bits per heavy atom. The fraction of sp³-hybridized carbons (Fsp3) is 0.222. The second kappa shape index (κ2) is 8.62. The van der Waals surface area contributed by atoms with Crippen molar-refractivity contribution in [2.24, 2.45) is 5.14 Å². The lowest BCUT2D eigenvalue weighted by molar-refractivity contribution is -0.152. The minimum atomic E-state index is -4.54. The van der Waals surface area contributed by atoms with E-state index in [1.807, 2.05) is 0 Å². The van der Waals surface area contributed by atoms with Crippen LogP contribution in [-0.4, -0.2) is 26.4 Å². The largest absolute Gasteiger partial charge is 0.452 e. The van der Waals surface area contributed by atoms with Crippen molar-refractivity contribution in [3.63, 3.8) is 0 Å². The Kier molecular flexibility index (Phi) is 6.65. The standard InChI is InChI=1S/C18H17F3N2O5S/c1-11(17(25)23-14-5-7-15(8-6-14)29(22,26)27)28-16(24)10-12-3-2-4-13(9-12)18(19,20)21/h2-9,11H,10H2,1H3,(H,23,25)(H2,22,26,27). The number of alkyl halides is 3. The highest BCUT2D eigenvalue weighted by Gasteiger charge is 2.30. The van der Waals surface area contributed by atoms with Crippen LogP contribution < -0.4 is 10.5 Å².